The van der Waals surface area contributed by atoms with E-state index in [9.17, 15) is 19.5 Å². The van der Waals surface area contributed by atoms with Crippen molar-refractivity contribution in [2.75, 3.05) is 27.7 Å². The second kappa shape index (κ2) is 18.0. The molecule has 0 radical (unpaired) electrons. The molecule has 0 saturated carbocycles. The summed E-state index contributed by atoms with van der Waals surface area (Å²) in [5.74, 6) is 0. The van der Waals surface area contributed by atoms with Crippen molar-refractivity contribution in [3.8, 4) is 0 Å². The average molecular weight is 475 g/mol. The number of allylic oxidation sites excluding steroid dienone is 4. The van der Waals surface area contributed by atoms with E-state index >= 15 is 0 Å². The third-order valence-electron chi connectivity index (χ3n) is 5.77. The summed E-state index contributed by atoms with van der Waals surface area (Å²) < 4.78 is 12.1. The summed E-state index contributed by atoms with van der Waals surface area (Å²) in [7, 11) is 0.961. The minimum atomic E-state index is -4.55. The van der Waals surface area contributed by atoms with Crippen molar-refractivity contribution < 1.29 is 23.9 Å². The molecule has 0 fully saturated rings. The van der Waals surface area contributed by atoms with Crippen molar-refractivity contribution in [3.63, 3.8) is 0 Å². The molecule has 1 unspecified atom stereocenters. The van der Waals surface area contributed by atoms with Crippen LogP contribution < -0.4 is 0 Å². The molecule has 0 amide bonds. The lowest BCUT2D eigenvalue weighted by Gasteiger charge is -2.35. The standard InChI is InChI=1S/C26H52NO4P/c1-5-6-7-8-9-10-11-12-13-14-15-16-17-18-19-20-21-22-23-24-26(28,32(29,30)31)25-27(2,3)4/h8-9,15-16,28H,5-7,10-14,17-25H2,1-4H3,(H-,29,30,31)/p+1/b9-8-,16-15-. The normalized spacial score (nSPS) is 15.1. The van der Waals surface area contributed by atoms with Crippen LogP contribution in [-0.4, -0.2) is 52.4 Å². The van der Waals surface area contributed by atoms with Gasteiger partial charge in [0.05, 0.1) is 21.1 Å². The van der Waals surface area contributed by atoms with E-state index in [1.807, 2.05) is 21.1 Å². The minimum absolute atomic E-state index is 0.0553. The number of rotatable bonds is 21. The van der Waals surface area contributed by atoms with E-state index in [0.29, 0.717) is 10.9 Å². The van der Waals surface area contributed by atoms with E-state index in [-0.39, 0.29) is 13.0 Å². The zero-order chi connectivity index (χ0) is 24.3. The number of unbranched alkanes of at least 4 members (excludes halogenated alkanes) is 12. The Morgan fingerprint density at radius 2 is 1.06 bits per heavy atom. The molecule has 6 heteroatoms. The van der Waals surface area contributed by atoms with Gasteiger partial charge in [-0.2, -0.15) is 0 Å². The number of likely N-dealkylation sites (N-methyl/N-ethyl adjacent to an activating group) is 1. The van der Waals surface area contributed by atoms with Crippen LogP contribution in [0.2, 0.25) is 0 Å². The lowest BCUT2D eigenvalue weighted by atomic mass is 10.0. The van der Waals surface area contributed by atoms with Crippen LogP contribution in [0.3, 0.4) is 0 Å². The van der Waals surface area contributed by atoms with Crippen LogP contribution >= 0.6 is 7.60 Å². The summed E-state index contributed by atoms with van der Waals surface area (Å²) in [4.78, 5) is 19.2. The topological polar surface area (TPSA) is 77.8 Å². The molecular weight excluding hydrogens is 421 g/mol. The van der Waals surface area contributed by atoms with E-state index in [1.165, 1.54) is 64.2 Å². The largest absolute Gasteiger partial charge is 0.373 e. The van der Waals surface area contributed by atoms with Gasteiger partial charge in [0.2, 0.25) is 5.34 Å². The lowest BCUT2D eigenvalue weighted by molar-refractivity contribution is -0.875. The number of nitrogens with zero attached hydrogens (tertiary/aromatic N) is 1. The lowest BCUT2D eigenvalue weighted by Crippen LogP contribution is -2.49. The van der Waals surface area contributed by atoms with Gasteiger partial charge in [0.15, 0.2) is 0 Å². The fourth-order valence-electron chi connectivity index (χ4n) is 3.95. The highest BCUT2D eigenvalue weighted by molar-refractivity contribution is 7.53. The van der Waals surface area contributed by atoms with Crippen molar-refractivity contribution in [1.82, 2.24) is 0 Å². The van der Waals surface area contributed by atoms with Gasteiger partial charge in [-0.25, -0.2) is 0 Å². The maximum atomic E-state index is 11.8. The van der Waals surface area contributed by atoms with Crippen LogP contribution in [0.1, 0.15) is 110 Å². The SMILES string of the molecule is CCCC/C=C\CCCCC/C=C\CCCCCCCCC(O)(C[N+](C)(C)C)P(=O)(O)O. The molecule has 3 N–H and O–H groups in total. The average Bonchev–Trinajstić information content (AvgIpc) is 2.67. The van der Waals surface area contributed by atoms with Crippen molar-refractivity contribution in [3.05, 3.63) is 24.3 Å². The van der Waals surface area contributed by atoms with Crippen molar-refractivity contribution >= 4 is 7.60 Å². The molecule has 0 aliphatic rings. The summed E-state index contributed by atoms with van der Waals surface area (Å²) in [6, 6.07) is 0. The minimum Gasteiger partial charge on any atom is -0.373 e. The molecule has 0 aliphatic heterocycles. The highest BCUT2D eigenvalue weighted by atomic mass is 31.2. The van der Waals surface area contributed by atoms with Gasteiger partial charge in [0.1, 0.15) is 6.54 Å². The van der Waals surface area contributed by atoms with Crippen LogP contribution in [0.5, 0.6) is 0 Å². The highest BCUT2D eigenvalue weighted by Crippen LogP contribution is 2.52. The fraction of sp³-hybridized carbons (Fsp3) is 0.846. The summed E-state index contributed by atoms with van der Waals surface area (Å²) in [5.41, 5.74) is 0. The van der Waals surface area contributed by atoms with E-state index < -0.39 is 12.9 Å². The Morgan fingerprint density at radius 1 is 0.688 bits per heavy atom. The van der Waals surface area contributed by atoms with E-state index in [0.717, 1.165) is 25.7 Å². The molecule has 0 aromatic heterocycles. The Bertz CT molecular complexity index is 551. The summed E-state index contributed by atoms with van der Waals surface area (Å²) in [6.07, 6.45) is 26.9. The predicted molar refractivity (Wildman–Crippen MR) is 138 cm³/mol. The third-order valence-corrected chi connectivity index (χ3v) is 7.22. The van der Waals surface area contributed by atoms with Gasteiger partial charge in [-0.1, -0.05) is 76.2 Å². The molecule has 5 nitrogen and oxygen atoms in total. The fourth-order valence-corrected chi connectivity index (χ4v) is 5.01. The Labute approximate surface area is 198 Å². The molecular formula is C26H53NO4P+. The van der Waals surface area contributed by atoms with Gasteiger partial charge in [-0.05, 0) is 57.8 Å². The molecule has 0 aromatic rings. The van der Waals surface area contributed by atoms with E-state index in [2.05, 4.69) is 31.2 Å². The van der Waals surface area contributed by atoms with E-state index in [4.69, 9.17) is 0 Å². The molecule has 190 valence electrons. The molecule has 0 spiro atoms. The Kier molecular flexibility index (Phi) is 17.7. The van der Waals surface area contributed by atoms with Crippen LogP contribution in [0.25, 0.3) is 0 Å². The van der Waals surface area contributed by atoms with Gasteiger partial charge in [0, 0.05) is 0 Å². The molecule has 0 aromatic carbocycles. The second-order valence-corrected chi connectivity index (χ2v) is 12.3. The predicted octanol–water partition coefficient (Wildman–Crippen LogP) is 6.93. The zero-order valence-electron chi connectivity index (χ0n) is 21.5. The molecule has 32 heavy (non-hydrogen) atoms. The molecule has 0 heterocycles. The first kappa shape index (κ1) is 31.6. The molecule has 0 aliphatic carbocycles. The smallest absolute Gasteiger partial charge is 0.362 e. The van der Waals surface area contributed by atoms with Gasteiger partial charge >= 0.3 is 7.60 Å². The third kappa shape index (κ3) is 18.0. The maximum absolute atomic E-state index is 11.8. The quantitative estimate of drug-likeness (QED) is 0.0729. The number of quaternary nitrogens is 1. The van der Waals surface area contributed by atoms with Crippen LogP contribution in [0, 0.1) is 0 Å². The van der Waals surface area contributed by atoms with E-state index in [1.54, 1.807) is 0 Å². The Morgan fingerprint density at radius 3 is 1.47 bits per heavy atom. The summed E-state index contributed by atoms with van der Waals surface area (Å²) >= 11 is 0. The van der Waals surface area contributed by atoms with Crippen LogP contribution in [0.4, 0.5) is 0 Å². The molecule has 0 rings (SSSR count). The molecule has 0 bridgehead atoms. The first-order chi connectivity index (χ1) is 15.0. The first-order valence-electron chi connectivity index (χ1n) is 12.9. The van der Waals surface area contributed by atoms with Crippen molar-refractivity contribution in [2.45, 2.75) is 115 Å². The second-order valence-electron chi connectivity index (χ2n) is 10.4. The molecule has 1 atom stereocenters. The first-order valence-corrected chi connectivity index (χ1v) is 14.5. The van der Waals surface area contributed by atoms with Gasteiger partial charge in [0.25, 0.3) is 0 Å². The van der Waals surface area contributed by atoms with Gasteiger partial charge < -0.3 is 19.4 Å². The van der Waals surface area contributed by atoms with Gasteiger partial charge in [-0.3, -0.25) is 4.57 Å². The van der Waals surface area contributed by atoms with Gasteiger partial charge in [-0.15, -0.1) is 0 Å². The number of hydrogen-bond acceptors (Lipinski definition) is 2. The Balaban J connectivity index is 3.66. The summed E-state index contributed by atoms with van der Waals surface area (Å²) in [6.45, 7) is 2.29. The maximum Gasteiger partial charge on any atom is 0.362 e. The monoisotopic (exact) mass is 474 g/mol. The van der Waals surface area contributed by atoms with Crippen LogP contribution in [-0.2, 0) is 4.57 Å². The highest BCUT2D eigenvalue weighted by Gasteiger charge is 2.48. The van der Waals surface area contributed by atoms with Crippen molar-refractivity contribution in [1.29, 1.82) is 0 Å². The number of hydrogen-bond donors (Lipinski definition) is 3. The van der Waals surface area contributed by atoms with Crippen molar-refractivity contribution in [2.24, 2.45) is 0 Å². The molecule has 0 saturated heterocycles. The zero-order valence-corrected chi connectivity index (χ0v) is 22.4. The number of aliphatic hydroxyl groups is 1. The summed E-state index contributed by atoms with van der Waals surface area (Å²) in [5, 5.41) is 8.62. The Hall–Kier alpha value is -0.450. The van der Waals surface area contributed by atoms with Crippen LogP contribution in [0.15, 0.2) is 24.3 Å².